The minimum absolute atomic E-state index is 0.352. The van der Waals surface area contributed by atoms with Gasteiger partial charge in [0.15, 0.2) is 0 Å². The van der Waals surface area contributed by atoms with Crippen molar-refractivity contribution in [1.29, 1.82) is 0 Å². The van der Waals surface area contributed by atoms with Gasteiger partial charge in [0.1, 0.15) is 0 Å². The van der Waals surface area contributed by atoms with E-state index in [1.807, 2.05) is 0 Å². The van der Waals surface area contributed by atoms with E-state index in [1.54, 1.807) is 0 Å². The van der Waals surface area contributed by atoms with E-state index in [0.717, 1.165) is 32.4 Å². The van der Waals surface area contributed by atoms with Crippen molar-refractivity contribution in [2.24, 2.45) is 17.6 Å². The first-order valence-corrected chi connectivity index (χ1v) is 7.58. The molecule has 0 saturated carbocycles. The summed E-state index contributed by atoms with van der Waals surface area (Å²) < 4.78 is 0. The maximum absolute atomic E-state index is 12.2. The van der Waals surface area contributed by atoms with E-state index in [0.29, 0.717) is 30.2 Å². The third-order valence-corrected chi connectivity index (χ3v) is 4.14. The lowest BCUT2D eigenvalue weighted by atomic mass is 9.94. The molecule has 0 aromatic carbocycles. The van der Waals surface area contributed by atoms with Gasteiger partial charge in [-0.25, -0.2) is 0 Å². The van der Waals surface area contributed by atoms with Crippen LogP contribution >= 0.6 is 0 Å². The molecule has 0 aliphatic carbocycles. The summed E-state index contributed by atoms with van der Waals surface area (Å²) in [5.74, 6) is 1.66. The zero-order valence-electron chi connectivity index (χ0n) is 12.3. The Morgan fingerprint density at radius 2 is 2.06 bits per heavy atom. The van der Waals surface area contributed by atoms with Crippen LogP contribution in [0.4, 0.5) is 0 Å². The zero-order valence-corrected chi connectivity index (χ0v) is 12.3. The fraction of sp³-hybridized carbons (Fsp3) is 0.933. The molecule has 0 aromatic heterocycles. The quantitative estimate of drug-likeness (QED) is 0.759. The largest absolute Gasteiger partial charge is 0.340 e. The van der Waals surface area contributed by atoms with E-state index >= 15 is 0 Å². The highest BCUT2D eigenvalue weighted by Crippen LogP contribution is 2.24. The number of nitrogens with two attached hydrogens (primary N) is 1. The molecule has 1 amide bonds. The van der Waals surface area contributed by atoms with Crippen LogP contribution in [0.3, 0.4) is 0 Å². The van der Waals surface area contributed by atoms with Gasteiger partial charge >= 0.3 is 0 Å². The predicted molar refractivity (Wildman–Crippen MR) is 76.3 cm³/mol. The van der Waals surface area contributed by atoms with Crippen LogP contribution in [0.15, 0.2) is 0 Å². The van der Waals surface area contributed by atoms with Crippen LogP contribution in [0.1, 0.15) is 59.3 Å². The fourth-order valence-electron chi connectivity index (χ4n) is 3.20. The second kappa shape index (κ2) is 7.78. The predicted octanol–water partition coefficient (Wildman–Crippen LogP) is 2.79. The van der Waals surface area contributed by atoms with Crippen molar-refractivity contribution in [2.75, 3.05) is 13.1 Å². The zero-order chi connectivity index (χ0) is 13.5. The van der Waals surface area contributed by atoms with Crippen LogP contribution in [-0.4, -0.2) is 29.9 Å². The first-order valence-electron chi connectivity index (χ1n) is 7.58. The lowest BCUT2D eigenvalue weighted by Crippen LogP contribution is -2.34. The van der Waals surface area contributed by atoms with Gasteiger partial charge in [0.25, 0.3) is 0 Å². The maximum Gasteiger partial charge on any atom is 0.222 e. The van der Waals surface area contributed by atoms with Crippen molar-refractivity contribution in [1.82, 2.24) is 4.90 Å². The third kappa shape index (κ3) is 4.60. The molecule has 2 N–H and O–H groups in total. The second-order valence-electron chi connectivity index (χ2n) is 6.01. The van der Waals surface area contributed by atoms with Crippen LogP contribution in [0, 0.1) is 11.8 Å². The van der Waals surface area contributed by atoms with Crippen LogP contribution in [0.25, 0.3) is 0 Å². The van der Waals surface area contributed by atoms with Crippen LogP contribution < -0.4 is 5.73 Å². The first-order chi connectivity index (χ1) is 8.58. The molecule has 0 bridgehead atoms. The van der Waals surface area contributed by atoms with Gasteiger partial charge in [-0.3, -0.25) is 4.79 Å². The van der Waals surface area contributed by atoms with Crippen LogP contribution in [0.5, 0.6) is 0 Å². The smallest absolute Gasteiger partial charge is 0.222 e. The van der Waals surface area contributed by atoms with E-state index in [4.69, 9.17) is 5.73 Å². The summed E-state index contributed by atoms with van der Waals surface area (Å²) in [5, 5.41) is 0. The molecular formula is C15H30N2O. The Hall–Kier alpha value is -0.570. The third-order valence-electron chi connectivity index (χ3n) is 4.14. The SMILES string of the molecule is CCCC(CCN)CCC(=O)N1CC(C)CC1C. The number of hydrogen-bond acceptors (Lipinski definition) is 2. The van der Waals surface area contributed by atoms with Gasteiger partial charge in [-0.2, -0.15) is 0 Å². The van der Waals surface area contributed by atoms with Gasteiger partial charge in [0.05, 0.1) is 0 Å². The molecule has 1 saturated heterocycles. The Balaban J connectivity index is 2.35. The molecule has 0 aromatic rings. The average molecular weight is 254 g/mol. The Bertz CT molecular complexity index is 249. The lowest BCUT2D eigenvalue weighted by Gasteiger charge is -2.23. The molecular weight excluding hydrogens is 224 g/mol. The van der Waals surface area contributed by atoms with Crippen molar-refractivity contribution in [2.45, 2.75) is 65.3 Å². The summed E-state index contributed by atoms with van der Waals surface area (Å²) in [6, 6.07) is 0.437. The molecule has 1 heterocycles. The number of likely N-dealkylation sites (tertiary alicyclic amines) is 1. The van der Waals surface area contributed by atoms with E-state index < -0.39 is 0 Å². The van der Waals surface area contributed by atoms with Crippen molar-refractivity contribution in [3.05, 3.63) is 0 Å². The number of carbonyl (C=O) groups is 1. The van der Waals surface area contributed by atoms with Gasteiger partial charge in [0.2, 0.25) is 5.91 Å². The molecule has 1 aliphatic heterocycles. The summed E-state index contributed by atoms with van der Waals surface area (Å²) in [6.45, 7) is 8.31. The monoisotopic (exact) mass is 254 g/mol. The van der Waals surface area contributed by atoms with Gasteiger partial charge in [0, 0.05) is 19.0 Å². The summed E-state index contributed by atoms with van der Waals surface area (Å²) in [5.41, 5.74) is 5.63. The van der Waals surface area contributed by atoms with Crippen molar-refractivity contribution in [3.8, 4) is 0 Å². The molecule has 3 unspecified atom stereocenters. The lowest BCUT2D eigenvalue weighted by molar-refractivity contribution is -0.132. The molecule has 3 nitrogen and oxygen atoms in total. The van der Waals surface area contributed by atoms with Gasteiger partial charge < -0.3 is 10.6 Å². The molecule has 3 atom stereocenters. The van der Waals surface area contributed by atoms with E-state index in [9.17, 15) is 4.79 Å². The summed E-state index contributed by atoms with van der Waals surface area (Å²) >= 11 is 0. The Morgan fingerprint density at radius 1 is 1.33 bits per heavy atom. The second-order valence-corrected chi connectivity index (χ2v) is 6.01. The van der Waals surface area contributed by atoms with Crippen molar-refractivity contribution in [3.63, 3.8) is 0 Å². The Morgan fingerprint density at radius 3 is 2.56 bits per heavy atom. The average Bonchev–Trinajstić information content (AvgIpc) is 2.65. The highest BCUT2D eigenvalue weighted by molar-refractivity contribution is 5.76. The number of rotatable bonds is 7. The number of amides is 1. The molecule has 106 valence electrons. The summed E-state index contributed by atoms with van der Waals surface area (Å²) in [6.07, 6.45) is 6.34. The van der Waals surface area contributed by atoms with Crippen molar-refractivity contribution < 1.29 is 4.79 Å². The summed E-state index contributed by atoms with van der Waals surface area (Å²) in [4.78, 5) is 14.3. The maximum atomic E-state index is 12.2. The first kappa shape index (κ1) is 15.5. The molecule has 1 rings (SSSR count). The van der Waals surface area contributed by atoms with Crippen LogP contribution in [-0.2, 0) is 4.79 Å². The van der Waals surface area contributed by atoms with Gasteiger partial charge in [-0.05, 0) is 44.6 Å². The fourth-order valence-corrected chi connectivity index (χ4v) is 3.20. The molecule has 1 fully saturated rings. The standard InChI is InChI=1S/C15H30N2O/c1-4-5-14(8-9-16)6-7-15(18)17-11-12(2)10-13(17)3/h12-14H,4-11,16H2,1-3H3. The number of nitrogens with zero attached hydrogens (tertiary/aromatic N) is 1. The topological polar surface area (TPSA) is 46.3 Å². The van der Waals surface area contributed by atoms with E-state index in [2.05, 4.69) is 25.7 Å². The Kier molecular flexibility index (Phi) is 6.69. The minimum Gasteiger partial charge on any atom is -0.340 e. The number of hydrogen-bond donors (Lipinski definition) is 1. The minimum atomic E-state index is 0.352. The highest BCUT2D eigenvalue weighted by Gasteiger charge is 2.29. The normalized spacial score (nSPS) is 25.4. The molecule has 0 radical (unpaired) electrons. The molecule has 3 heteroatoms. The van der Waals surface area contributed by atoms with Gasteiger partial charge in [-0.1, -0.05) is 26.7 Å². The highest BCUT2D eigenvalue weighted by atomic mass is 16.2. The summed E-state index contributed by atoms with van der Waals surface area (Å²) in [7, 11) is 0. The molecule has 0 spiro atoms. The van der Waals surface area contributed by atoms with E-state index in [1.165, 1.54) is 12.8 Å². The Labute approximate surface area is 112 Å². The molecule has 1 aliphatic rings. The van der Waals surface area contributed by atoms with Gasteiger partial charge in [-0.15, -0.1) is 0 Å². The van der Waals surface area contributed by atoms with Crippen LogP contribution in [0.2, 0.25) is 0 Å². The number of carbonyl (C=O) groups excluding carboxylic acids is 1. The van der Waals surface area contributed by atoms with E-state index in [-0.39, 0.29) is 0 Å². The molecule has 18 heavy (non-hydrogen) atoms. The van der Waals surface area contributed by atoms with Crippen molar-refractivity contribution >= 4 is 5.91 Å².